The molecule has 4 heteroatoms. The van der Waals surface area contributed by atoms with Gasteiger partial charge in [-0.25, -0.2) is 0 Å². The summed E-state index contributed by atoms with van der Waals surface area (Å²) in [6, 6.07) is 2.32. The van der Waals surface area contributed by atoms with E-state index in [9.17, 15) is 0 Å². The van der Waals surface area contributed by atoms with Crippen LogP contribution in [-0.4, -0.2) is 29.0 Å². The number of rotatable bonds is 3. The summed E-state index contributed by atoms with van der Waals surface area (Å²) in [6.45, 7) is 5.27. The molecule has 0 radical (unpaired) electrons. The van der Waals surface area contributed by atoms with Crippen LogP contribution in [0.5, 0.6) is 0 Å². The second-order valence-electron chi connectivity index (χ2n) is 4.94. The number of hydrogen-bond donors (Lipinski definition) is 1. The minimum atomic E-state index is 0.321. The Bertz CT molecular complexity index is 359. The SMILES string of the molecule is CC(N)C1CCN(Cc2ccncc2Cl)CC1. The van der Waals surface area contributed by atoms with Crippen molar-refractivity contribution in [2.75, 3.05) is 13.1 Å². The van der Waals surface area contributed by atoms with Crippen molar-refractivity contribution in [1.82, 2.24) is 9.88 Å². The number of nitrogens with zero attached hydrogens (tertiary/aromatic N) is 2. The summed E-state index contributed by atoms with van der Waals surface area (Å²) in [4.78, 5) is 6.45. The fourth-order valence-electron chi connectivity index (χ4n) is 2.41. The Morgan fingerprint density at radius 3 is 2.82 bits per heavy atom. The quantitative estimate of drug-likeness (QED) is 0.899. The Labute approximate surface area is 108 Å². The van der Waals surface area contributed by atoms with Gasteiger partial charge in [0.1, 0.15) is 0 Å². The molecule has 1 atom stereocenters. The van der Waals surface area contributed by atoms with Crippen LogP contribution in [0.25, 0.3) is 0 Å². The number of nitrogens with two attached hydrogens (primary N) is 1. The van der Waals surface area contributed by atoms with Crippen molar-refractivity contribution in [1.29, 1.82) is 0 Å². The van der Waals surface area contributed by atoms with E-state index < -0.39 is 0 Å². The molecule has 0 spiro atoms. The van der Waals surface area contributed by atoms with E-state index in [-0.39, 0.29) is 0 Å². The van der Waals surface area contributed by atoms with Crippen molar-refractivity contribution in [3.05, 3.63) is 29.0 Å². The highest BCUT2D eigenvalue weighted by Gasteiger charge is 2.22. The van der Waals surface area contributed by atoms with Crippen molar-refractivity contribution in [3.8, 4) is 0 Å². The van der Waals surface area contributed by atoms with E-state index in [0.29, 0.717) is 12.0 Å². The van der Waals surface area contributed by atoms with Gasteiger partial charge in [0, 0.05) is 25.0 Å². The highest BCUT2D eigenvalue weighted by Crippen LogP contribution is 2.22. The molecule has 1 saturated heterocycles. The molecule has 1 aromatic heterocycles. The molecular formula is C13H20ClN3. The average Bonchev–Trinajstić information content (AvgIpc) is 2.33. The third-order valence-corrected chi connectivity index (χ3v) is 3.97. The summed E-state index contributed by atoms with van der Waals surface area (Å²) in [6.07, 6.45) is 5.91. The number of pyridine rings is 1. The van der Waals surface area contributed by atoms with Crippen LogP contribution in [0.4, 0.5) is 0 Å². The van der Waals surface area contributed by atoms with Crippen LogP contribution in [0.1, 0.15) is 25.3 Å². The van der Waals surface area contributed by atoms with Crippen molar-refractivity contribution < 1.29 is 0 Å². The Morgan fingerprint density at radius 1 is 1.53 bits per heavy atom. The second-order valence-corrected chi connectivity index (χ2v) is 5.35. The maximum atomic E-state index is 6.11. The Kier molecular flexibility index (Phi) is 4.37. The van der Waals surface area contributed by atoms with Crippen LogP contribution in [0.3, 0.4) is 0 Å². The van der Waals surface area contributed by atoms with Gasteiger partial charge in [0.05, 0.1) is 5.02 Å². The Hall–Kier alpha value is -0.640. The molecule has 2 heterocycles. The molecule has 17 heavy (non-hydrogen) atoms. The predicted molar refractivity (Wildman–Crippen MR) is 70.9 cm³/mol. The van der Waals surface area contributed by atoms with Gasteiger partial charge in [0.15, 0.2) is 0 Å². The van der Waals surface area contributed by atoms with Gasteiger partial charge >= 0.3 is 0 Å². The van der Waals surface area contributed by atoms with Gasteiger partial charge < -0.3 is 5.73 Å². The third-order valence-electron chi connectivity index (χ3n) is 3.63. The largest absolute Gasteiger partial charge is 0.328 e. The lowest BCUT2D eigenvalue weighted by Crippen LogP contribution is -2.39. The van der Waals surface area contributed by atoms with Crippen LogP contribution in [-0.2, 0) is 6.54 Å². The molecule has 1 aromatic rings. The molecule has 0 aromatic carbocycles. The fraction of sp³-hybridized carbons (Fsp3) is 0.615. The zero-order valence-electron chi connectivity index (χ0n) is 10.3. The maximum absolute atomic E-state index is 6.11. The molecule has 0 aliphatic carbocycles. The van der Waals surface area contributed by atoms with Gasteiger partial charge in [0.2, 0.25) is 0 Å². The first-order chi connectivity index (χ1) is 8.16. The minimum absolute atomic E-state index is 0.321. The maximum Gasteiger partial charge on any atom is 0.0634 e. The summed E-state index contributed by atoms with van der Waals surface area (Å²) in [5.41, 5.74) is 7.11. The van der Waals surface area contributed by atoms with E-state index in [0.717, 1.165) is 24.7 Å². The van der Waals surface area contributed by atoms with Gasteiger partial charge in [-0.05, 0) is 50.4 Å². The molecule has 2 N–H and O–H groups in total. The number of piperidine rings is 1. The van der Waals surface area contributed by atoms with Crippen molar-refractivity contribution in [2.45, 2.75) is 32.4 Å². The highest BCUT2D eigenvalue weighted by molar-refractivity contribution is 6.31. The van der Waals surface area contributed by atoms with Crippen LogP contribution in [0.2, 0.25) is 5.02 Å². The fourth-order valence-corrected chi connectivity index (χ4v) is 2.59. The van der Waals surface area contributed by atoms with Crippen LogP contribution in [0, 0.1) is 5.92 Å². The topological polar surface area (TPSA) is 42.1 Å². The van der Waals surface area contributed by atoms with Crippen molar-refractivity contribution in [3.63, 3.8) is 0 Å². The smallest absolute Gasteiger partial charge is 0.0634 e. The van der Waals surface area contributed by atoms with E-state index in [2.05, 4.69) is 16.8 Å². The van der Waals surface area contributed by atoms with Crippen molar-refractivity contribution in [2.24, 2.45) is 11.7 Å². The van der Waals surface area contributed by atoms with Crippen LogP contribution < -0.4 is 5.73 Å². The summed E-state index contributed by atoms with van der Waals surface area (Å²) >= 11 is 6.11. The number of aromatic nitrogens is 1. The molecular weight excluding hydrogens is 234 g/mol. The second kappa shape index (κ2) is 5.80. The average molecular weight is 254 g/mol. The first-order valence-electron chi connectivity index (χ1n) is 6.23. The van der Waals surface area contributed by atoms with E-state index in [1.54, 1.807) is 12.4 Å². The molecule has 1 aliphatic rings. The van der Waals surface area contributed by atoms with Crippen LogP contribution >= 0.6 is 11.6 Å². The lowest BCUT2D eigenvalue weighted by Gasteiger charge is -2.33. The molecule has 0 bridgehead atoms. The standard InChI is InChI=1S/C13H20ClN3/c1-10(15)11-3-6-17(7-4-11)9-12-2-5-16-8-13(12)14/h2,5,8,10-11H,3-4,6-7,9,15H2,1H3. The summed E-state index contributed by atoms with van der Waals surface area (Å²) < 4.78 is 0. The summed E-state index contributed by atoms with van der Waals surface area (Å²) in [5.74, 6) is 0.680. The zero-order valence-corrected chi connectivity index (χ0v) is 11.0. The first kappa shape index (κ1) is 12.8. The van der Waals surface area contributed by atoms with Gasteiger partial charge in [-0.1, -0.05) is 11.6 Å². The van der Waals surface area contributed by atoms with Gasteiger partial charge in [-0.3, -0.25) is 9.88 Å². The normalized spacial score (nSPS) is 20.4. The molecule has 1 fully saturated rings. The lowest BCUT2D eigenvalue weighted by molar-refractivity contribution is 0.166. The summed E-state index contributed by atoms with van der Waals surface area (Å²) in [7, 11) is 0. The van der Waals surface area contributed by atoms with Crippen LogP contribution in [0.15, 0.2) is 18.5 Å². The van der Waals surface area contributed by atoms with E-state index >= 15 is 0 Å². The van der Waals surface area contributed by atoms with E-state index in [4.69, 9.17) is 17.3 Å². The van der Waals surface area contributed by atoms with Crippen molar-refractivity contribution >= 4 is 11.6 Å². The molecule has 94 valence electrons. The monoisotopic (exact) mass is 253 g/mol. The first-order valence-corrected chi connectivity index (χ1v) is 6.61. The molecule has 0 saturated carbocycles. The predicted octanol–water partition coefficient (Wildman–Crippen LogP) is 2.29. The van der Waals surface area contributed by atoms with E-state index in [1.807, 2.05) is 6.07 Å². The molecule has 2 rings (SSSR count). The lowest BCUT2D eigenvalue weighted by atomic mass is 9.91. The third kappa shape index (κ3) is 3.41. The van der Waals surface area contributed by atoms with Gasteiger partial charge in [0.25, 0.3) is 0 Å². The van der Waals surface area contributed by atoms with Gasteiger partial charge in [-0.2, -0.15) is 0 Å². The highest BCUT2D eigenvalue weighted by atomic mass is 35.5. The molecule has 1 aliphatic heterocycles. The molecule has 3 nitrogen and oxygen atoms in total. The number of hydrogen-bond acceptors (Lipinski definition) is 3. The Morgan fingerprint density at radius 2 is 2.24 bits per heavy atom. The summed E-state index contributed by atoms with van der Waals surface area (Å²) in [5, 5.41) is 0.766. The Balaban J connectivity index is 1.88. The zero-order chi connectivity index (χ0) is 12.3. The molecule has 1 unspecified atom stereocenters. The number of likely N-dealkylation sites (tertiary alicyclic amines) is 1. The van der Waals surface area contributed by atoms with E-state index in [1.165, 1.54) is 18.4 Å². The van der Waals surface area contributed by atoms with Gasteiger partial charge in [-0.15, -0.1) is 0 Å². The minimum Gasteiger partial charge on any atom is -0.328 e. The number of halogens is 1. The molecule has 0 amide bonds.